The maximum atomic E-state index is 13.6. The van der Waals surface area contributed by atoms with Gasteiger partial charge in [-0.25, -0.2) is 4.39 Å². The number of benzene rings is 1. The number of hydrogen-bond acceptors (Lipinski definition) is 3. The number of furan rings is 1. The lowest BCUT2D eigenvalue weighted by molar-refractivity contribution is 0.0728. The summed E-state index contributed by atoms with van der Waals surface area (Å²) in [5.41, 5.74) is 2.34. The van der Waals surface area contributed by atoms with Crippen molar-refractivity contribution in [2.45, 2.75) is 32.2 Å². The molecule has 2 aliphatic rings. The molecule has 2 heterocycles. The Bertz CT molecular complexity index is 858. The molecule has 0 N–H and O–H groups in total. The van der Waals surface area contributed by atoms with Gasteiger partial charge in [-0.3, -0.25) is 9.59 Å². The molecule has 124 valence electrons. The number of carbonyl (C=O) groups excluding carboxylic acids is 2. The molecule has 24 heavy (non-hydrogen) atoms. The second kappa shape index (κ2) is 5.74. The summed E-state index contributed by atoms with van der Waals surface area (Å²) in [7, 11) is 0. The molecule has 6 heteroatoms. The quantitative estimate of drug-likeness (QED) is 0.788. The highest BCUT2D eigenvalue weighted by Crippen LogP contribution is 2.31. The van der Waals surface area contributed by atoms with Crippen LogP contribution in [0.3, 0.4) is 0 Å². The van der Waals surface area contributed by atoms with E-state index < -0.39 is 5.82 Å². The summed E-state index contributed by atoms with van der Waals surface area (Å²) >= 11 is 6.09. The molecule has 0 radical (unpaired) electrons. The van der Waals surface area contributed by atoms with E-state index in [-0.39, 0.29) is 18.2 Å². The number of hydrogen-bond donors (Lipinski definition) is 0. The standard InChI is InChI=1S/C18H15ClFNO3/c19-14-7-11(20)6-10-8-21(5-4-12(10)14)18(23)13-9-24-16-3-1-2-15(22)17(13)16/h6-7,9H,1-5,8H2. The van der Waals surface area contributed by atoms with Crippen molar-refractivity contribution in [2.75, 3.05) is 6.54 Å². The average molecular weight is 348 g/mol. The molecule has 0 unspecified atom stereocenters. The number of fused-ring (bicyclic) bond motifs is 2. The van der Waals surface area contributed by atoms with Gasteiger partial charge in [0.05, 0.1) is 11.1 Å². The fraction of sp³-hybridized carbons (Fsp3) is 0.333. The van der Waals surface area contributed by atoms with Gasteiger partial charge in [0.15, 0.2) is 5.78 Å². The molecule has 1 amide bonds. The zero-order valence-electron chi connectivity index (χ0n) is 12.9. The van der Waals surface area contributed by atoms with Crippen molar-refractivity contribution >= 4 is 23.3 Å². The summed E-state index contributed by atoms with van der Waals surface area (Å²) in [6.07, 6.45) is 3.81. The third kappa shape index (κ3) is 2.44. The van der Waals surface area contributed by atoms with Crippen LogP contribution in [0.4, 0.5) is 4.39 Å². The number of Topliss-reactive ketones (excluding diaryl/α,β-unsaturated/α-hetero) is 1. The van der Waals surface area contributed by atoms with Crippen LogP contribution in [0.5, 0.6) is 0 Å². The van der Waals surface area contributed by atoms with E-state index in [4.69, 9.17) is 16.0 Å². The molecule has 0 bridgehead atoms. The monoisotopic (exact) mass is 347 g/mol. The van der Waals surface area contributed by atoms with Crippen LogP contribution in [0.25, 0.3) is 0 Å². The lowest BCUT2D eigenvalue weighted by Gasteiger charge is -2.29. The third-order valence-corrected chi connectivity index (χ3v) is 5.05. The number of ketones is 1. The lowest BCUT2D eigenvalue weighted by atomic mass is 9.93. The smallest absolute Gasteiger partial charge is 0.258 e. The van der Waals surface area contributed by atoms with Gasteiger partial charge in [0.2, 0.25) is 0 Å². The summed E-state index contributed by atoms with van der Waals surface area (Å²) in [5.74, 6) is -0.105. The van der Waals surface area contributed by atoms with Crippen molar-refractivity contribution < 1.29 is 18.4 Å². The van der Waals surface area contributed by atoms with Gasteiger partial charge in [-0.15, -0.1) is 0 Å². The molecule has 4 nitrogen and oxygen atoms in total. The first-order valence-electron chi connectivity index (χ1n) is 7.94. The van der Waals surface area contributed by atoms with Crippen LogP contribution >= 0.6 is 11.6 Å². The van der Waals surface area contributed by atoms with Gasteiger partial charge in [0, 0.05) is 31.0 Å². The second-order valence-electron chi connectivity index (χ2n) is 6.23. The van der Waals surface area contributed by atoms with Crippen molar-refractivity contribution in [2.24, 2.45) is 0 Å². The van der Waals surface area contributed by atoms with Crippen molar-refractivity contribution in [3.8, 4) is 0 Å². The molecule has 1 aromatic carbocycles. The van der Waals surface area contributed by atoms with Crippen LogP contribution in [-0.4, -0.2) is 23.1 Å². The first-order chi connectivity index (χ1) is 11.5. The van der Waals surface area contributed by atoms with Gasteiger partial charge in [0.1, 0.15) is 17.8 Å². The topological polar surface area (TPSA) is 50.5 Å². The Labute approximate surface area is 143 Å². The van der Waals surface area contributed by atoms with Crippen molar-refractivity contribution in [1.29, 1.82) is 0 Å². The molecule has 0 saturated carbocycles. The van der Waals surface area contributed by atoms with E-state index in [0.29, 0.717) is 53.3 Å². The van der Waals surface area contributed by atoms with E-state index in [9.17, 15) is 14.0 Å². The van der Waals surface area contributed by atoms with E-state index in [1.165, 1.54) is 18.4 Å². The lowest BCUT2D eigenvalue weighted by Crippen LogP contribution is -2.36. The third-order valence-electron chi connectivity index (χ3n) is 4.72. The summed E-state index contributed by atoms with van der Waals surface area (Å²) in [6, 6.07) is 2.71. The maximum absolute atomic E-state index is 13.6. The van der Waals surface area contributed by atoms with Gasteiger partial charge in [-0.05, 0) is 36.1 Å². The Morgan fingerprint density at radius 3 is 2.92 bits per heavy atom. The van der Waals surface area contributed by atoms with Crippen molar-refractivity contribution in [1.82, 2.24) is 4.90 Å². The molecule has 0 spiro atoms. The Hall–Kier alpha value is -2.14. The zero-order chi connectivity index (χ0) is 16.8. The summed E-state index contributed by atoms with van der Waals surface area (Å²) in [4.78, 5) is 26.6. The van der Waals surface area contributed by atoms with Gasteiger partial charge < -0.3 is 9.32 Å². The second-order valence-corrected chi connectivity index (χ2v) is 6.63. The average Bonchev–Trinajstić information content (AvgIpc) is 2.99. The zero-order valence-corrected chi connectivity index (χ0v) is 13.7. The highest BCUT2D eigenvalue weighted by atomic mass is 35.5. The van der Waals surface area contributed by atoms with E-state index in [1.54, 1.807) is 4.90 Å². The van der Waals surface area contributed by atoms with Gasteiger partial charge in [0.25, 0.3) is 5.91 Å². The molecule has 2 aromatic rings. The van der Waals surface area contributed by atoms with Gasteiger partial charge in [-0.2, -0.15) is 0 Å². The van der Waals surface area contributed by atoms with Crippen LogP contribution in [0.2, 0.25) is 5.02 Å². The van der Waals surface area contributed by atoms with Gasteiger partial charge >= 0.3 is 0 Å². The van der Waals surface area contributed by atoms with Crippen molar-refractivity contribution in [3.05, 3.63) is 57.2 Å². The summed E-state index contributed by atoms with van der Waals surface area (Å²) in [6.45, 7) is 0.755. The molecular formula is C18H15ClFNO3. The molecule has 1 aliphatic heterocycles. The van der Waals surface area contributed by atoms with E-state index in [1.807, 2.05) is 0 Å². The number of halogens is 2. The Morgan fingerprint density at radius 1 is 1.25 bits per heavy atom. The van der Waals surface area contributed by atoms with E-state index in [0.717, 1.165) is 12.0 Å². The molecule has 4 rings (SSSR count). The summed E-state index contributed by atoms with van der Waals surface area (Å²) in [5, 5.41) is 0.396. The highest BCUT2D eigenvalue weighted by Gasteiger charge is 2.31. The molecule has 0 atom stereocenters. The Morgan fingerprint density at radius 2 is 2.08 bits per heavy atom. The summed E-state index contributed by atoms with van der Waals surface area (Å²) < 4.78 is 19.0. The molecule has 1 aliphatic carbocycles. The van der Waals surface area contributed by atoms with Gasteiger partial charge in [-0.1, -0.05) is 11.6 Å². The number of carbonyl (C=O) groups is 2. The highest BCUT2D eigenvalue weighted by molar-refractivity contribution is 6.31. The van der Waals surface area contributed by atoms with Crippen LogP contribution < -0.4 is 0 Å². The normalized spacial score (nSPS) is 16.8. The first kappa shape index (κ1) is 15.4. The van der Waals surface area contributed by atoms with Crippen LogP contribution in [0.15, 0.2) is 22.8 Å². The number of rotatable bonds is 1. The molecule has 0 fully saturated rings. The Balaban J connectivity index is 1.65. The largest absolute Gasteiger partial charge is 0.468 e. The fourth-order valence-electron chi connectivity index (χ4n) is 3.53. The number of aryl methyl sites for hydroxylation is 1. The maximum Gasteiger partial charge on any atom is 0.258 e. The minimum Gasteiger partial charge on any atom is -0.468 e. The molecule has 1 aromatic heterocycles. The fourth-order valence-corrected chi connectivity index (χ4v) is 3.85. The van der Waals surface area contributed by atoms with Crippen LogP contribution in [0.1, 0.15) is 50.4 Å². The SMILES string of the molecule is O=C1CCCc2occ(C(=O)N3CCc4c(Cl)cc(F)cc4C3)c21. The minimum atomic E-state index is -0.413. The first-order valence-corrected chi connectivity index (χ1v) is 8.32. The van der Waals surface area contributed by atoms with E-state index in [2.05, 4.69) is 0 Å². The molecule has 0 saturated heterocycles. The van der Waals surface area contributed by atoms with Crippen LogP contribution in [0, 0.1) is 5.82 Å². The predicted molar refractivity (Wildman–Crippen MR) is 85.8 cm³/mol. The number of amides is 1. The Kier molecular flexibility index (Phi) is 3.68. The van der Waals surface area contributed by atoms with E-state index >= 15 is 0 Å². The molecular weight excluding hydrogens is 333 g/mol. The minimum absolute atomic E-state index is 0.0418. The van der Waals surface area contributed by atoms with Crippen molar-refractivity contribution in [3.63, 3.8) is 0 Å². The predicted octanol–water partition coefficient (Wildman–Crippen LogP) is 3.79. The van der Waals surface area contributed by atoms with Crippen LogP contribution in [-0.2, 0) is 19.4 Å². The number of nitrogens with zero attached hydrogens (tertiary/aromatic N) is 1.